The van der Waals surface area contributed by atoms with Crippen LogP contribution in [0.25, 0.3) is 11.1 Å². The first kappa shape index (κ1) is 34.4. The van der Waals surface area contributed by atoms with Gasteiger partial charge in [0.2, 0.25) is 11.8 Å². The van der Waals surface area contributed by atoms with E-state index in [-0.39, 0.29) is 17.7 Å². The lowest BCUT2D eigenvalue weighted by molar-refractivity contribution is -0.147. The third-order valence-electron chi connectivity index (χ3n) is 9.99. The van der Waals surface area contributed by atoms with E-state index in [2.05, 4.69) is 34.1 Å². The summed E-state index contributed by atoms with van der Waals surface area (Å²) in [4.78, 5) is 35.6. The Morgan fingerprint density at radius 3 is 2.09 bits per heavy atom. The lowest BCUT2D eigenvalue weighted by Gasteiger charge is -2.50. The summed E-state index contributed by atoms with van der Waals surface area (Å²) < 4.78 is 0. The molecule has 0 aliphatic carbocycles. The van der Waals surface area contributed by atoms with Crippen LogP contribution in [0.2, 0.25) is 10.0 Å². The lowest BCUT2D eigenvalue weighted by atomic mass is 9.82. The molecular weight excluding hydrogens is 615 g/mol. The van der Waals surface area contributed by atoms with E-state index in [1.807, 2.05) is 74.6 Å². The predicted molar refractivity (Wildman–Crippen MR) is 190 cm³/mol. The minimum atomic E-state index is -0.393. The molecule has 2 heterocycles. The molecule has 2 aliphatic rings. The second-order valence-corrected chi connectivity index (χ2v) is 14.1. The number of likely N-dealkylation sites (N-methyl/N-ethyl adjacent to an activating group) is 2. The molecule has 2 saturated heterocycles. The van der Waals surface area contributed by atoms with Crippen molar-refractivity contribution in [3.8, 4) is 11.1 Å². The molecule has 0 bridgehead atoms. The highest BCUT2D eigenvalue weighted by molar-refractivity contribution is 6.42. The molecular formula is C38H48Cl2N4O2. The highest BCUT2D eigenvalue weighted by Crippen LogP contribution is 2.34. The Morgan fingerprint density at radius 1 is 0.804 bits per heavy atom. The van der Waals surface area contributed by atoms with Crippen molar-refractivity contribution >= 4 is 35.0 Å². The molecule has 5 rings (SSSR count). The summed E-state index contributed by atoms with van der Waals surface area (Å²) >= 11 is 12.7. The van der Waals surface area contributed by atoms with Gasteiger partial charge >= 0.3 is 0 Å². The van der Waals surface area contributed by atoms with Crippen LogP contribution in [-0.2, 0) is 16.0 Å². The Bertz CT molecular complexity index is 1450. The van der Waals surface area contributed by atoms with Gasteiger partial charge < -0.3 is 14.7 Å². The summed E-state index contributed by atoms with van der Waals surface area (Å²) in [7, 11) is 5.67. The lowest BCUT2D eigenvalue weighted by Crippen LogP contribution is -2.64. The van der Waals surface area contributed by atoms with E-state index in [4.69, 9.17) is 23.2 Å². The molecule has 0 radical (unpaired) electrons. The minimum Gasteiger partial charge on any atom is -0.347 e. The number of hydrogen-bond donors (Lipinski definition) is 0. The Morgan fingerprint density at radius 2 is 1.46 bits per heavy atom. The maximum Gasteiger partial charge on any atom is 0.242 e. The number of hydrogen-bond acceptors (Lipinski definition) is 4. The number of rotatable bonds is 11. The van der Waals surface area contributed by atoms with E-state index in [0.717, 1.165) is 74.2 Å². The van der Waals surface area contributed by atoms with Crippen molar-refractivity contribution in [2.45, 2.75) is 56.4 Å². The SMILES string of the molecule is CN(C)C(=O)C1(N2CCCCC2)CCN(CCC(CN(C)C(=O)Cc2ccc(-c3ccccc3)cc2)c2ccc(Cl)c(Cl)c2)CC1. The molecule has 46 heavy (non-hydrogen) atoms. The molecule has 0 N–H and O–H groups in total. The van der Waals surface area contributed by atoms with E-state index in [1.54, 1.807) is 4.90 Å². The first-order chi connectivity index (χ1) is 22.2. The summed E-state index contributed by atoms with van der Waals surface area (Å²) in [5.41, 5.74) is 4.00. The summed E-state index contributed by atoms with van der Waals surface area (Å²) in [5.74, 6) is 0.433. The summed E-state index contributed by atoms with van der Waals surface area (Å²) in [5, 5.41) is 1.06. The number of halogens is 2. The van der Waals surface area contributed by atoms with Crippen molar-refractivity contribution in [3.63, 3.8) is 0 Å². The third kappa shape index (κ3) is 8.32. The molecule has 2 fully saturated rings. The molecule has 6 nitrogen and oxygen atoms in total. The van der Waals surface area contributed by atoms with E-state index in [9.17, 15) is 9.59 Å². The van der Waals surface area contributed by atoms with Crippen molar-refractivity contribution in [1.82, 2.24) is 19.6 Å². The largest absolute Gasteiger partial charge is 0.347 e. The number of carbonyl (C=O) groups excluding carboxylic acids is 2. The second kappa shape index (κ2) is 15.8. The Kier molecular flexibility index (Phi) is 11.8. The fourth-order valence-electron chi connectivity index (χ4n) is 7.21. The highest BCUT2D eigenvalue weighted by Gasteiger charge is 2.47. The zero-order valence-corrected chi connectivity index (χ0v) is 29.1. The van der Waals surface area contributed by atoms with Gasteiger partial charge in [0, 0.05) is 46.7 Å². The van der Waals surface area contributed by atoms with Crippen LogP contribution < -0.4 is 0 Å². The molecule has 1 unspecified atom stereocenters. The third-order valence-corrected chi connectivity index (χ3v) is 10.7. The Hall–Kier alpha value is -2.90. The maximum absolute atomic E-state index is 13.5. The van der Waals surface area contributed by atoms with Crippen LogP contribution in [-0.4, -0.2) is 97.4 Å². The average molecular weight is 664 g/mol. The van der Waals surface area contributed by atoms with E-state index in [1.165, 1.54) is 19.3 Å². The van der Waals surface area contributed by atoms with Crippen LogP contribution in [0.4, 0.5) is 0 Å². The van der Waals surface area contributed by atoms with Gasteiger partial charge in [0.25, 0.3) is 0 Å². The number of amides is 2. The standard InChI is InChI=1S/C38H48Cl2N4O2/c1-41(2)37(46)38(44-21-8-5-9-22-44)19-24-43(25-20-38)23-18-33(32-16-17-34(39)35(40)27-32)28-42(3)36(45)26-29-12-14-31(15-13-29)30-10-6-4-7-11-30/h4,6-7,10-17,27,33H,5,8-9,18-26,28H2,1-3H3. The molecule has 8 heteroatoms. The van der Waals surface area contributed by atoms with Crippen molar-refractivity contribution in [1.29, 1.82) is 0 Å². The van der Waals surface area contributed by atoms with Crippen LogP contribution in [0.1, 0.15) is 55.6 Å². The van der Waals surface area contributed by atoms with Gasteiger partial charge in [-0.1, -0.05) is 90.3 Å². The zero-order valence-electron chi connectivity index (χ0n) is 27.6. The van der Waals surface area contributed by atoms with Crippen molar-refractivity contribution < 1.29 is 9.59 Å². The Labute approximate surface area is 285 Å². The van der Waals surface area contributed by atoms with Crippen molar-refractivity contribution in [3.05, 3.63) is 94.0 Å². The first-order valence-corrected chi connectivity index (χ1v) is 17.4. The van der Waals surface area contributed by atoms with Gasteiger partial charge in [0.05, 0.1) is 16.5 Å². The van der Waals surface area contributed by atoms with Gasteiger partial charge in [-0.2, -0.15) is 0 Å². The fourth-order valence-corrected chi connectivity index (χ4v) is 7.51. The predicted octanol–water partition coefficient (Wildman–Crippen LogP) is 7.24. The fraction of sp³-hybridized carbons (Fsp3) is 0.474. The second-order valence-electron chi connectivity index (χ2n) is 13.3. The van der Waals surface area contributed by atoms with Gasteiger partial charge in [-0.15, -0.1) is 0 Å². The molecule has 1 atom stereocenters. The number of piperidine rings is 2. The maximum atomic E-state index is 13.5. The van der Waals surface area contributed by atoms with Gasteiger partial charge in [0.1, 0.15) is 5.54 Å². The van der Waals surface area contributed by atoms with Crippen LogP contribution in [0.3, 0.4) is 0 Å². The van der Waals surface area contributed by atoms with Crippen molar-refractivity contribution in [2.24, 2.45) is 0 Å². The summed E-state index contributed by atoms with van der Waals surface area (Å²) in [6.45, 7) is 5.27. The van der Waals surface area contributed by atoms with Crippen LogP contribution >= 0.6 is 23.2 Å². The van der Waals surface area contributed by atoms with Crippen LogP contribution in [0.5, 0.6) is 0 Å². The monoisotopic (exact) mass is 662 g/mol. The van der Waals surface area contributed by atoms with Crippen LogP contribution in [0.15, 0.2) is 72.8 Å². The van der Waals surface area contributed by atoms with Gasteiger partial charge in [-0.25, -0.2) is 0 Å². The van der Waals surface area contributed by atoms with Crippen molar-refractivity contribution in [2.75, 3.05) is 60.4 Å². The molecule has 2 aliphatic heterocycles. The quantitative estimate of drug-likeness (QED) is 0.217. The number of carbonyl (C=O) groups is 2. The van der Waals surface area contributed by atoms with E-state index < -0.39 is 5.54 Å². The molecule has 0 aromatic heterocycles. The molecule has 0 saturated carbocycles. The van der Waals surface area contributed by atoms with Gasteiger partial charge in [-0.05, 0) is 86.1 Å². The normalized spacial score (nSPS) is 17.8. The molecule has 0 spiro atoms. The first-order valence-electron chi connectivity index (χ1n) is 16.7. The molecule has 246 valence electrons. The minimum absolute atomic E-state index is 0.0870. The van der Waals surface area contributed by atoms with Gasteiger partial charge in [0.15, 0.2) is 0 Å². The average Bonchev–Trinajstić information content (AvgIpc) is 3.08. The molecule has 3 aromatic carbocycles. The molecule has 2 amide bonds. The zero-order chi connectivity index (χ0) is 32.7. The number of benzene rings is 3. The highest BCUT2D eigenvalue weighted by atomic mass is 35.5. The molecule has 3 aromatic rings. The summed E-state index contributed by atoms with van der Waals surface area (Å²) in [6.07, 6.45) is 6.52. The van der Waals surface area contributed by atoms with E-state index in [0.29, 0.717) is 23.0 Å². The number of likely N-dealkylation sites (tertiary alicyclic amines) is 2. The van der Waals surface area contributed by atoms with E-state index >= 15 is 0 Å². The Balaban J connectivity index is 1.23. The topological polar surface area (TPSA) is 47.1 Å². The van der Waals surface area contributed by atoms with Gasteiger partial charge in [-0.3, -0.25) is 14.5 Å². The number of nitrogens with zero attached hydrogens (tertiary/aromatic N) is 4. The smallest absolute Gasteiger partial charge is 0.242 e. The van der Waals surface area contributed by atoms with Crippen LogP contribution in [0, 0.1) is 0 Å². The summed E-state index contributed by atoms with van der Waals surface area (Å²) in [6, 6.07) is 24.4.